The summed E-state index contributed by atoms with van der Waals surface area (Å²) in [6.45, 7) is 0. The van der Waals surface area contributed by atoms with Crippen LogP contribution in [-0.4, -0.2) is 17.4 Å². The molecule has 0 saturated carbocycles. The van der Waals surface area contributed by atoms with E-state index >= 15 is 0 Å². The molecular formula is H3AlAuCuZn. The Hall–Kier alpha value is 2.42. The Morgan fingerprint density at radius 1 is 1.00 bits per heavy atom. The second-order valence-electron chi connectivity index (χ2n) is 0. The molecule has 0 aromatic heterocycles. The van der Waals surface area contributed by atoms with E-state index in [4.69, 9.17) is 0 Å². The quantitative estimate of drug-likeness (QED) is 0.479. The van der Waals surface area contributed by atoms with Crippen molar-refractivity contribution in [3.8, 4) is 0 Å². The molecule has 0 N–H and O–H groups in total. The van der Waals surface area contributed by atoms with E-state index in [0.29, 0.717) is 0 Å². The minimum Gasteiger partial charge on any atom is 0 e. The molecule has 0 spiro atoms. The van der Waals surface area contributed by atoms with Crippen molar-refractivity contribution in [2.24, 2.45) is 0 Å². The van der Waals surface area contributed by atoms with Crippen LogP contribution >= 0.6 is 0 Å². The van der Waals surface area contributed by atoms with E-state index in [1.807, 2.05) is 0 Å². The molecule has 0 aliphatic carbocycles. The summed E-state index contributed by atoms with van der Waals surface area (Å²) in [5.41, 5.74) is 0. The van der Waals surface area contributed by atoms with Crippen LogP contribution in [0, 0.1) is 0 Å². The molecule has 4 heteroatoms. The predicted molar refractivity (Wildman–Crippen MR) is 9.94 cm³/mol. The van der Waals surface area contributed by atoms with Gasteiger partial charge in [0.2, 0.25) is 0 Å². The zero-order valence-corrected chi connectivity index (χ0v) is 7.39. The van der Waals surface area contributed by atoms with Crippen molar-refractivity contribution < 1.29 is 58.9 Å². The topological polar surface area (TPSA) is 0 Å². The first-order chi connectivity index (χ1) is 0. The molecular weight excluding hydrogens is 353 g/mol. The third kappa shape index (κ3) is 8.83. The molecule has 0 amide bonds. The van der Waals surface area contributed by atoms with Crippen LogP contribution in [0.5, 0.6) is 0 Å². The molecule has 0 rings (SSSR count). The average molecular weight is 356 g/mol. The van der Waals surface area contributed by atoms with Gasteiger partial charge < -0.3 is 0 Å². The van der Waals surface area contributed by atoms with Crippen molar-refractivity contribution in [1.82, 2.24) is 0 Å². The summed E-state index contributed by atoms with van der Waals surface area (Å²) >= 11 is 0. The summed E-state index contributed by atoms with van der Waals surface area (Å²) in [4.78, 5) is 0. The third-order valence-corrected chi connectivity index (χ3v) is 0. The molecule has 4 heavy (non-hydrogen) atoms. The molecule has 0 nitrogen and oxygen atoms in total. The fourth-order valence-electron chi connectivity index (χ4n) is 0. The number of rotatable bonds is 0. The number of hydrogen-bond acceptors (Lipinski definition) is 0. The summed E-state index contributed by atoms with van der Waals surface area (Å²) in [5, 5.41) is 0. The second kappa shape index (κ2) is 18.1. The minimum absolute atomic E-state index is 0. The van der Waals surface area contributed by atoms with Crippen LogP contribution < -0.4 is 0 Å². The van der Waals surface area contributed by atoms with Crippen LogP contribution in [0.4, 0.5) is 0 Å². The van der Waals surface area contributed by atoms with Crippen LogP contribution in [0.1, 0.15) is 0 Å². The van der Waals surface area contributed by atoms with Crippen LogP contribution in [0.15, 0.2) is 0 Å². The summed E-state index contributed by atoms with van der Waals surface area (Å²) in [7, 11) is 0. The van der Waals surface area contributed by atoms with E-state index in [1.54, 1.807) is 0 Å². The van der Waals surface area contributed by atoms with Crippen LogP contribution in [0.3, 0.4) is 0 Å². The van der Waals surface area contributed by atoms with Crippen molar-refractivity contribution in [2.45, 2.75) is 0 Å². The predicted octanol–water partition coefficient (Wildman–Crippen LogP) is -1.19. The standard InChI is InChI=1S/Al.Au.Cu.Zn.3H. The molecule has 0 aromatic rings. The first-order valence-electron chi connectivity index (χ1n) is 0. The Balaban J connectivity index is 0. The molecule has 30 valence electrons. The van der Waals surface area contributed by atoms with Crippen molar-refractivity contribution in [3.63, 3.8) is 0 Å². The van der Waals surface area contributed by atoms with E-state index in [9.17, 15) is 0 Å². The first kappa shape index (κ1) is 32.2. The summed E-state index contributed by atoms with van der Waals surface area (Å²) in [5.74, 6) is 0. The van der Waals surface area contributed by atoms with Gasteiger partial charge in [-0.2, -0.15) is 0 Å². The van der Waals surface area contributed by atoms with Crippen molar-refractivity contribution in [1.29, 1.82) is 0 Å². The zero-order chi connectivity index (χ0) is 0. The molecule has 0 aliphatic rings. The van der Waals surface area contributed by atoms with Crippen LogP contribution in [0.25, 0.3) is 0 Å². The van der Waals surface area contributed by atoms with Gasteiger partial charge >= 0.3 is 0 Å². The molecule has 2 radical (unpaired) electrons. The van der Waals surface area contributed by atoms with Gasteiger partial charge in [-0.15, -0.1) is 0 Å². The Bertz CT molecular complexity index is 8.00. The largest absolute Gasteiger partial charge is 0.187 e. The zero-order valence-electron chi connectivity index (χ0n) is 1.31. The Morgan fingerprint density at radius 2 is 1.00 bits per heavy atom. The molecule has 0 saturated heterocycles. The monoisotopic (exact) mass is 354 g/mol. The third-order valence-electron chi connectivity index (χ3n) is 0. The maximum absolute atomic E-state index is 0. The maximum atomic E-state index is 0. The van der Waals surface area contributed by atoms with Gasteiger partial charge in [-0.3, -0.25) is 0 Å². The smallest absolute Gasteiger partial charge is 0 e. The van der Waals surface area contributed by atoms with Crippen molar-refractivity contribution in [2.75, 3.05) is 0 Å². The minimum atomic E-state index is 0. The van der Waals surface area contributed by atoms with Gasteiger partial charge in [-0.05, 0) is 0 Å². The molecule has 0 heterocycles. The van der Waals surface area contributed by atoms with Gasteiger partial charge in [0.25, 0.3) is 0 Å². The fourth-order valence-corrected chi connectivity index (χ4v) is 0. The van der Waals surface area contributed by atoms with Gasteiger partial charge in [0.05, 0.1) is 0 Å². The molecule has 0 bridgehead atoms. The summed E-state index contributed by atoms with van der Waals surface area (Å²) < 4.78 is 0. The number of hydrogen-bond donors (Lipinski definition) is 0. The van der Waals surface area contributed by atoms with Crippen LogP contribution in [-0.2, 0) is 58.9 Å². The second-order valence-corrected chi connectivity index (χ2v) is 0. The van der Waals surface area contributed by atoms with Gasteiger partial charge in [0.1, 0.15) is 0 Å². The average Bonchev–Trinajstić information content (AvgIpc) is 0. The van der Waals surface area contributed by atoms with Gasteiger partial charge in [-0.1, -0.05) is 0 Å². The molecule has 0 aliphatic heterocycles. The van der Waals surface area contributed by atoms with Gasteiger partial charge in [0, 0.05) is 58.9 Å². The van der Waals surface area contributed by atoms with E-state index in [0.717, 1.165) is 0 Å². The Labute approximate surface area is 75.4 Å². The van der Waals surface area contributed by atoms with Gasteiger partial charge in [-0.25, -0.2) is 0 Å². The molecule has 0 unspecified atom stereocenters. The van der Waals surface area contributed by atoms with E-state index in [-0.39, 0.29) is 76.3 Å². The maximum Gasteiger partial charge on any atom is 0.187 e. The van der Waals surface area contributed by atoms with E-state index in [2.05, 4.69) is 0 Å². The fraction of sp³-hybridized carbons (Fsp3) is 0. The van der Waals surface area contributed by atoms with Crippen LogP contribution in [0.2, 0.25) is 0 Å². The summed E-state index contributed by atoms with van der Waals surface area (Å²) in [6, 6.07) is 0. The SMILES string of the molecule is [AlH3].[Au].[Cu].[Zn]. The van der Waals surface area contributed by atoms with Crippen molar-refractivity contribution >= 4 is 17.4 Å². The Kier molecular flexibility index (Phi) is 146. The molecule has 0 atom stereocenters. The Morgan fingerprint density at radius 3 is 1.00 bits per heavy atom. The first-order valence-corrected chi connectivity index (χ1v) is 0. The normalized spacial score (nSPS) is 0. The molecule has 0 aromatic carbocycles. The van der Waals surface area contributed by atoms with Crippen molar-refractivity contribution in [3.05, 3.63) is 0 Å². The summed E-state index contributed by atoms with van der Waals surface area (Å²) in [6.07, 6.45) is 0. The van der Waals surface area contributed by atoms with Gasteiger partial charge in [0.15, 0.2) is 17.4 Å². The van der Waals surface area contributed by atoms with E-state index < -0.39 is 0 Å². The molecule has 0 fully saturated rings. The van der Waals surface area contributed by atoms with E-state index in [1.165, 1.54) is 0 Å².